The second-order valence-corrected chi connectivity index (χ2v) is 6.12. The maximum absolute atomic E-state index is 11.6. The highest BCUT2D eigenvalue weighted by Crippen LogP contribution is 2.32. The summed E-state index contributed by atoms with van der Waals surface area (Å²) in [6, 6.07) is 1.80. The van der Waals surface area contributed by atoms with Gasteiger partial charge >= 0.3 is 5.97 Å². The van der Waals surface area contributed by atoms with Crippen LogP contribution in [0.1, 0.15) is 74.5 Å². The molecule has 0 amide bonds. The first-order valence-corrected chi connectivity index (χ1v) is 8.49. The quantitative estimate of drug-likeness (QED) is 0.661. The van der Waals surface area contributed by atoms with E-state index in [9.17, 15) is 9.90 Å². The van der Waals surface area contributed by atoms with Gasteiger partial charge in [0.05, 0.1) is 6.61 Å². The molecule has 0 aromatic heterocycles. The van der Waals surface area contributed by atoms with Crippen molar-refractivity contribution in [1.82, 2.24) is 0 Å². The molecule has 0 spiro atoms. The van der Waals surface area contributed by atoms with Crippen molar-refractivity contribution in [3.63, 3.8) is 0 Å². The summed E-state index contributed by atoms with van der Waals surface area (Å²) in [5.41, 5.74) is 3.78. The third kappa shape index (κ3) is 4.49. The first kappa shape index (κ1) is 18.5. The van der Waals surface area contributed by atoms with Gasteiger partial charge < -0.3 is 9.84 Å². The van der Waals surface area contributed by atoms with E-state index in [1.165, 1.54) is 5.56 Å². The first-order chi connectivity index (χ1) is 10.5. The van der Waals surface area contributed by atoms with E-state index in [0.29, 0.717) is 23.8 Å². The van der Waals surface area contributed by atoms with Crippen LogP contribution in [0.15, 0.2) is 6.07 Å². The van der Waals surface area contributed by atoms with Gasteiger partial charge in [-0.25, -0.2) is 4.79 Å². The Labute approximate surface area is 134 Å². The van der Waals surface area contributed by atoms with Gasteiger partial charge in [0, 0.05) is 0 Å². The zero-order valence-corrected chi connectivity index (χ0v) is 14.7. The molecule has 124 valence electrons. The molecule has 0 aliphatic carbocycles. The maximum Gasteiger partial charge on any atom is 0.339 e. The molecule has 0 saturated carbocycles. The summed E-state index contributed by atoms with van der Waals surface area (Å²) in [6.07, 6.45) is 4.61. The summed E-state index contributed by atoms with van der Waals surface area (Å²) in [6.45, 7) is 11.2. The number of rotatable bonds is 9. The summed E-state index contributed by atoms with van der Waals surface area (Å²) in [4.78, 5) is 11.6. The lowest BCUT2D eigenvalue weighted by molar-refractivity contribution is 0.0691. The Bertz CT molecular complexity index is 504. The fourth-order valence-corrected chi connectivity index (χ4v) is 2.94. The van der Waals surface area contributed by atoms with Crippen LogP contribution in [-0.2, 0) is 19.3 Å². The van der Waals surface area contributed by atoms with Crippen molar-refractivity contribution in [1.29, 1.82) is 0 Å². The summed E-state index contributed by atoms with van der Waals surface area (Å²) in [7, 11) is 0. The van der Waals surface area contributed by atoms with Crippen molar-refractivity contribution in [3.05, 3.63) is 28.3 Å². The molecule has 1 N–H and O–H groups in total. The zero-order chi connectivity index (χ0) is 16.7. The van der Waals surface area contributed by atoms with Crippen molar-refractivity contribution in [3.8, 4) is 5.75 Å². The predicted octanol–water partition coefficient (Wildman–Crippen LogP) is 4.89. The minimum absolute atomic E-state index is 0.315. The lowest BCUT2D eigenvalue weighted by Gasteiger charge is -2.20. The van der Waals surface area contributed by atoms with Crippen molar-refractivity contribution < 1.29 is 14.6 Å². The molecule has 0 saturated heterocycles. The number of carboxylic acid groups (broad SMARTS) is 1. The predicted molar refractivity (Wildman–Crippen MR) is 91.1 cm³/mol. The molecule has 0 aliphatic heterocycles. The minimum atomic E-state index is -0.897. The maximum atomic E-state index is 11.6. The van der Waals surface area contributed by atoms with Crippen LogP contribution in [0.25, 0.3) is 0 Å². The number of ether oxygens (including phenoxy) is 1. The van der Waals surface area contributed by atoms with E-state index in [1.54, 1.807) is 6.07 Å². The van der Waals surface area contributed by atoms with Gasteiger partial charge in [0.1, 0.15) is 11.3 Å². The molecule has 0 heterocycles. The topological polar surface area (TPSA) is 46.5 Å². The van der Waals surface area contributed by atoms with Crippen LogP contribution < -0.4 is 4.74 Å². The minimum Gasteiger partial charge on any atom is -0.492 e. The lowest BCUT2D eigenvalue weighted by Crippen LogP contribution is -2.11. The molecule has 0 atom stereocenters. The van der Waals surface area contributed by atoms with Gasteiger partial charge in [-0.3, -0.25) is 0 Å². The monoisotopic (exact) mass is 306 g/mol. The van der Waals surface area contributed by atoms with Crippen molar-refractivity contribution in [2.75, 3.05) is 6.61 Å². The van der Waals surface area contributed by atoms with Gasteiger partial charge in [0.2, 0.25) is 0 Å². The van der Waals surface area contributed by atoms with E-state index in [-0.39, 0.29) is 0 Å². The Morgan fingerprint density at radius 3 is 2.23 bits per heavy atom. The van der Waals surface area contributed by atoms with Gasteiger partial charge in [0.15, 0.2) is 0 Å². The van der Waals surface area contributed by atoms with Gasteiger partial charge in [0.25, 0.3) is 0 Å². The van der Waals surface area contributed by atoms with Crippen LogP contribution in [0.4, 0.5) is 0 Å². The average molecular weight is 306 g/mol. The van der Waals surface area contributed by atoms with E-state index < -0.39 is 5.97 Å². The number of aromatic carboxylic acids is 1. The first-order valence-electron chi connectivity index (χ1n) is 8.49. The molecule has 22 heavy (non-hydrogen) atoms. The van der Waals surface area contributed by atoms with Crippen LogP contribution in [0.5, 0.6) is 5.75 Å². The number of hydrogen-bond acceptors (Lipinski definition) is 2. The van der Waals surface area contributed by atoms with Gasteiger partial charge in [-0.05, 0) is 60.8 Å². The Hall–Kier alpha value is -1.51. The summed E-state index contributed by atoms with van der Waals surface area (Å²) >= 11 is 0. The normalized spacial score (nSPS) is 11.0. The molecule has 3 nitrogen and oxygen atoms in total. The second-order valence-electron chi connectivity index (χ2n) is 6.12. The fourth-order valence-electron chi connectivity index (χ4n) is 2.94. The number of carboxylic acids is 1. The van der Waals surface area contributed by atoms with Crippen LogP contribution >= 0.6 is 0 Å². The molecule has 1 rings (SSSR count). The largest absolute Gasteiger partial charge is 0.492 e. The number of hydrogen-bond donors (Lipinski definition) is 1. The summed E-state index contributed by atoms with van der Waals surface area (Å²) in [5, 5.41) is 9.53. The van der Waals surface area contributed by atoms with Crippen LogP contribution in [-0.4, -0.2) is 17.7 Å². The average Bonchev–Trinajstić information content (AvgIpc) is 2.49. The molecule has 0 bridgehead atoms. The molecule has 0 fully saturated rings. The van der Waals surface area contributed by atoms with E-state index in [0.717, 1.165) is 43.2 Å². The van der Waals surface area contributed by atoms with E-state index in [2.05, 4.69) is 34.6 Å². The summed E-state index contributed by atoms with van der Waals surface area (Å²) < 4.78 is 5.93. The smallest absolute Gasteiger partial charge is 0.339 e. The molecule has 3 heteroatoms. The molecule has 1 aromatic rings. The number of benzene rings is 1. The van der Waals surface area contributed by atoms with Gasteiger partial charge in [-0.2, -0.15) is 0 Å². The van der Waals surface area contributed by atoms with Crippen LogP contribution in [0.2, 0.25) is 0 Å². The van der Waals surface area contributed by atoms with E-state index in [4.69, 9.17) is 4.74 Å². The molecular weight excluding hydrogens is 276 g/mol. The third-order valence-electron chi connectivity index (χ3n) is 4.08. The molecule has 0 unspecified atom stereocenters. The van der Waals surface area contributed by atoms with Crippen molar-refractivity contribution >= 4 is 5.97 Å². The highest BCUT2D eigenvalue weighted by molar-refractivity contribution is 5.92. The van der Waals surface area contributed by atoms with Crippen LogP contribution in [0, 0.1) is 5.92 Å². The number of aryl methyl sites for hydroxylation is 1. The third-order valence-corrected chi connectivity index (χ3v) is 4.08. The van der Waals surface area contributed by atoms with E-state index in [1.807, 2.05) is 0 Å². The standard InChI is InChI=1S/C19H30O3/c1-6-14-12-17(19(20)21)18(16(8-3)15(14)7-2)22-11-9-10-13(4)5/h12-13H,6-11H2,1-5H3,(H,20,21). The fraction of sp³-hybridized carbons (Fsp3) is 0.632. The van der Waals surface area contributed by atoms with Crippen molar-refractivity contribution in [2.45, 2.75) is 66.7 Å². The van der Waals surface area contributed by atoms with Gasteiger partial charge in [-0.15, -0.1) is 0 Å². The Morgan fingerprint density at radius 1 is 1.14 bits per heavy atom. The highest BCUT2D eigenvalue weighted by atomic mass is 16.5. The second kappa shape index (κ2) is 8.82. The van der Waals surface area contributed by atoms with Crippen LogP contribution in [0.3, 0.4) is 0 Å². The summed E-state index contributed by atoms with van der Waals surface area (Å²) in [5.74, 6) is 0.334. The Balaban J connectivity index is 3.17. The molecule has 0 radical (unpaired) electrons. The van der Waals surface area contributed by atoms with Crippen molar-refractivity contribution in [2.24, 2.45) is 5.92 Å². The van der Waals surface area contributed by atoms with Gasteiger partial charge in [-0.1, -0.05) is 34.6 Å². The molecular formula is C19H30O3. The Kier molecular flexibility index (Phi) is 7.43. The molecule has 1 aromatic carbocycles. The highest BCUT2D eigenvalue weighted by Gasteiger charge is 2.20. The zero-order valence-electron chi connectivity index (χ0n) is 14.7. The Morgan fingerprint density at radius 2 is 1.77 bits per heavy atom. The molecule has 0 aliphatic rings. The SMILES string of the molecule is CCc1cc(C(=O)O)c(OCCCC(C)C)c(CC)c1CC. The number of carbonyl (C=O) groups is 1. The van der Waals surface area contributed by atoms with E-state index >= 15 is 0 Å². The lowest BCUT2D eigenvalue weighted by atomic mass is 9.91.